The van der Waals surface area contributed by atoms with Crippen molar-refractivity contribution in [3.63, 3.8) is 0 Å². The van der Waals surface area contributed by atoms with Gasteiger partial charge >= 0.3 is 0 Å². The highest BCUT2D eigenvalue weighted by molar-refractivity contribution is 4.97. The third-order valence-electron chi connectivity index (χ3n) is 5.24. The van der Waals surface area contributed by atoms with Gasteiger partial charge in [-0.3, -0.25) is 0 Å². The zero-order chi connectivity index (χ0) is 12.8. The van der Waals surface area contributed by atoms with Gasteiger partial charge in [0.15, 0.2) is 0 Å². The van der Waals surface area contributed by atoms with E-state index in [2.05, 4.69) is 5.32 Å². The molecule has 0 amide bonds. The van der Waals surface area contributed by atoms with E-state index in [9.17, 15) is 5.11 Å². The number of hydrogen-bond donors (Lipinski definition) is 2. The average Bonchev–Trinajstić information content (AvgIpc) is 2.75. The number of aliphatic hydroxyl groups excluding tert-OH is 1. The first kappa shape index (κ1) is 14.3. The number of hydrogen-bond acceptors (Lipinski definition) is 3. The third kappa shape index (κ3) is 3.25. The molecular formula is C15H29NO2. The molecule has 3 heteroatoms. The predicted octanol–water partition coefficient (Wildman–Crippen LogP) is 2.33. The maximum Gasteiger partial charge on any atom is 0.0615 e. The van der Waals surface area contributed by atoms with E-state index in [1.165, 1.54) is 38.5 Å². The molecule has 0 saturated heterocycles. The first-order chi connectivity index (χ1) is 8.80. The van der Waals surface area contributed by atoms with Gasteiger partial charge in [-0.05, 0) is 44.6 Å². The van der Waals surface area contributed by atoms with Crippen LogP contribution in [0.2, 0.25) is 0 Å². The minimum Gasteiger partial charge on any atom is -0.394 e. The second-order valence-corrected chi connectivity index (χ2v) is 6.14. The highest BCUT2D eigenvalue weighted by atomic mass is 16.5. The van der Waals surface area contributed by atoms with Crippen LogP contribution in [-0.4, -0.2) is 37.5 Å². The fourth-order valence-corrected chi connectivity index (χ4v) is 3.54. The summed E-state index contributed by atoms with van der Waals surface area (Å²) >= 11 is 0. The second kappa shape index (κ2) is 6.88. The molecule has 2 aliphatic rings. The smallest absolute Gasteiger partial charge is 0.0615 e. The Bertz CT molecular complexity index is 237. The molecule has 2 aliphatic carbocycles. The van der Waals surface area contributed by atoms with Crippen molar-refractivity contribution < 1.29 is 9.84 Å². The average molecular weight is 255 g/mol. The normalized spacial score (nSPS) is 32.7. The molecule has 2 atom stereocenters. The maximum absolute atomic E-state index is 9.60. The fraction of sp³-hybridized carbons (Fsp3) is 1.00. The summed E-state index contributed by atoms with van der Waals surface area (Å²) in [4.78, 5) is 0. The Morgan fingerprint density at radius 3 is 2.56 bits per heavy atom. The van der Waals surface area contributed by atoms with Crippen LogP contribution in [0.25, 0.3) is 0 Å². The Morgan fingerprint density at radius 1 is 1.17 bits per heavy atom. The summed E-state index contributed by atoms with van der Waals surface area (Å²) in [6, 6.07) is 0. The van der Waals surface area contributed by atoms with Gasteiger partial charge in [0.25, 0.3) is 0 Å². The molecule has 0 radical (unpaired) electrons. The van der Waals surface area contributed by atoms with Crippen molar-refractivity contribution in [2.75, 3.05) is 26.9 Å². The summed E-state index contributed by atoms with van der Waals surface area (Å²) in [6.45, 7) is 2.06. The van der Waals surface area contributed by atoms with Crippen LogP contribution in [-0.2, 0) is 4.74 Å². The van der Waals surface area contributed by atoms with Crippen LogP contribution >= 0.6 is 0 Å². The van der Waals surface area contributed by atoms with Crippen LogP contribution in [0.1, 0.15) is 51.4 Å². The molecule has 106 valence electrons. The van der Waals surface area contributed by atoms with Gasteiger partial charge in [-0.25, -0.2) is 0 Å². The molecular weight excluding hydrogens is 226 g/mol. The second-order valence-electron chi connectivity index (χ2n) is 6.14. The van der Waals surface area contributed by atoms with E-state index in [1.54, 1.807) is 0 Å². The Hall–Kier alpha value is -0.120. The summed E-state index contributed by atoms with van der Waals surface area (Å²) < 4.78 is 5.77. The molecule has 3 nitrogen and oxygen atoms in total. The lowest BCUT2D eigenvalue weighted by Crippen LogP contribution is -2.49. The summed E-state index contributed by atoms with van der Waals surface area (Å²) in [5.74, 6) is 1.53. The molecule has 2 saturated carbocycles. The predicted molar refractivity (Wildman–Crippen MR) is 73.6 cm³/mol. The molecule has 2 unspecified atom stereocenters. The minimum atomic E-state index is -0.0304. The Labute approximate surface area is 111 Å². The molecule has 0 aromatic rings. The van der Waals surface area contributed by atoms with Gasteiger partial charge < -0.3 is 15.2 Å². The topological polar surface area (TPSA) is 41.5 Å². The third-order valence-corrected chi connectivity index (χ3v) is 5.24. The van der Waals surface area contributed by atoms with Crippen molar-refractivity contribution in [3.05, 3.63) is 0 Å². The zero-order valence-corrected chi connectivity index (χ0v) is 11.8. The maximum atomic E-state index is 9.60. The molecule has 0 aromatic heterocycles. The van der Waals surface area contributed by atoms with E-state index in [1.807, 2.05) is 7.05 Å². The monoisotopic (exact) mass is 255 g/mol. The van der Waals surface area contributed by atoms with E-state index >= 15 is 0 Å². The number of aliphatic hydroxyl groups is 1. The van der Waals surface area contributed by atoms with Crippen LogP contribution in [0.15, 0.2) is 0 Å². The van der Waals surface area contributed by atoms with E-state index in [0.717, 1.165) is 32.0 Å². The Balaban J connectivity index is 1.60. The van der Waals surface area contributed by atoms with E-state index in [4.69, 9.17) is 4.74 Å². The van der Waals surface area contributed by atoms with Crippen molar-refractivity contribution in [3.8, 4) is 0 Å². The van der Waals surface area contributed by atoms with Gasteiger partial charge in [-0.1, -0.05) is 25.7 Å². The van der Waals surface area contributed by atoms with Crippen LogP contribution in [0.4, 0.5) is 0 Å². The molecule has 2 N–H and O–H groups in total. The summed E-state index contributed by atoms with van der Waals surface area (Å²) in [5.41, 5.74) is -0.0304. The summed E-state index contributed by atoms with van der Waals surface area (Å²) in [5, 5.41) is 12.9. The Kier molecular flexibility index (Phi) is 5.46. The van der Waals surface area contributed by atoms with Crippen molar-refractivity contribution in [2.24, 2.45) is 11.8 Å². The van der Waals surface area contributed by atoms with E-state index < -0.39 is 0 Å². The van der Waals surface area contributed by atoms with Crippen molar-refractivity contribution in [2.45, 2.75) is 56.9 Å². The minimum absolute atomic E-state index is 0.0304. The van der Waals surface area contributed by atoms with Crippen LogP contribution in [0.5, 0.6) is 0 Å². The number of nitrogens with one attached hydrogen (secondary N) is 1. The van der Waals surface area contributed by atoms with E-state index in [-0.39, 0.29) is 12.1 Å². The summed E-state index contributed by atoms with van der Waals surface area (Å²) in [7, 11) is 1.98. The molecule has 0 bridgehead atoms. The van der Waals surface area contributed by atoms with Crippen LogP contribution < -0.4 is 5.32 Å². The van der Waals surface area contributed by atoms with E-state index in [0.29, 0.717) is 5.92 Å². The quantitative estimate of drug-likeness (QED) is 0.654. The number of rotatable bonds is 8. The lowest BCUT2D eigenvalue weighted by Gasteiger charge is -2.33. The Morgan fingerprint density at radius 2 is 1.94 bits per heavy atom. The molecule has 18 heavy (non-hydrogen) atoms. The van der Waals surface area contributed by atoms with Crippen LogP contribution in [0, 0.1) is 11.8 Å². The van der Waals surface area contributed by atoms with Crippen molar-refractivity contribution in [1.82, 2.24) is 5.32 Å². The van der Waals surface area contributed by atoms with Gasteiger partial charge in [-0.2, -0.15) is 0 Å². The first-order valence-electron chi connectivity index (χ1n) is 7.68. The lowest BCUT2D eigenvalue weighted by molar-refractivity contribution is 0.0712. The zero-order valence-electron chi connectivity index (χ0n) is 11.8. The van der Waals surface area contributed by atoms with Gasteiger partial charge in [-0.15, -0.1) is 0 Å². The first-order valence-corrected chi connectivity index (χ1v) is 7.68. The van der Waals surface area contributed by atoms with Gasteiger partial charge in [0, 0.05) is 18.8 Å². The van der Waals surface area contributed by atoms with Gasteiger partial charge in [0.05, 0.1) is 6.61 Å². The van der Waals surface area contributed by atoms with Crippen LogP contribution in [0.3, 0.4) is 0 Å². The number of likely N-dealkylation sites (N-methyl/N-ethyl adjacent to an activating group) is 1. The molecule has 0 aliphatic heterocycles. The SMILES string of the molecule is CNC1(CO)CCCC1CCOCCC1CCC1. The lowest BCUT2D eigenvalue weighted by atomic mass is 9.83. The molecule has 0 heterocycles. The highest BCUT2D eigenvalue weighted by Crippen LogP contribution is 2.37. The van der Waals surface area contributed by atoms with Gasteiger partial charge in [0.1, 0.15) is 0 Å². The van der Waals surface area contributed by atoms with Crippen molar-refractivity contribution >= 4 is 0 Å². The standard InChI is InChI=1S/C15H29NO2/c1-16-15(12-17)9-3-6-14(15)8-11-18-10-7-13-4-2-5-13/h13-14,16-17H,2-12H2,1H3. The number of ether oxygens (including phenoxy) is 1. The summed E-state index contributed by atoms with van der Waals surface area (Å²) in [6.07, 6.45) is 10.2. The van der Waals surface area contributed by atoms with Gasteiger partial charge in [0.2, 0.25) is 0 Å². The molecule has 0 spiro atoms. The largest absolute Gasteiger partial charge is 0.394 e. The molecule has 0 aromatic carbocycles. The fourth-order valence-electron chi connectivity index (χ4n) is 3.54. The highest BCUT2D eigenvalue weighted by Gasteiger charge is 2.40. The molecule has 2 rings (SSSR count). The van der Waals surface area contributed by atoms with Crippen molar-refractivity contribution in [1.29, 1.82) is 0 Å². The molecule has 2 fully saturated rings.